The van der Waals surface area contributed by atoms with E-state index in [9.17, 15) is 4.79 Å². The van der Waals surface area contributed by atoms with Crippen LogP contribution in [0.3, 0.4) is 0 Å². The van der Waals surface area contributed by atoms with Gasteiger partial charge in [-0.25, -0.2) is 0 Å². The molecule has 1 fully saturated rings. The van der Waals surface area contributed by atoms with Gasteiger partial charge in [0, 0.05) is 0 Å². The summed E-state index contributed by atoms with van der Waals surface area (Å²) in [6.07, 6.45) is 2.88. The second-order valence-corrected chi connectivity index (χ2v) is 18.8. The normalized spacial score (nSPS) is 20.2. The van der Waals surface area contributed by atoms with Gasteiger partial charge in [0.05, 0.1) is 0 Å². The molecule has 0 saturated carbocycles. The molecule has 1 atom stereocenters. The van der Waals surface area contributed by atoms with Crippen LogP contribution in [-0.2, 0) is 14.3 Å². The van der Waals surface area contributed by atoms with Crippen molar-refractivity contribution in [1.82, 2.24) is 0 Å². The molecule has 23 heavy (non-hydrogen) atoms. The first-order chi connectivity index (χ1) is 10.9. The number of halogens is 2. The molecule has 1 heterocycles. The zero-order valence-electron chi connectivity index (χ0n) is 13.1. The average molecular weight is 475 g/mol. The van der Waals surface area contributed by atoms with Crippen molar-refractivity contribution >= 4 is 43.4 Å². The SMILES string of the molecule is CCOC(=O)/C=C1/CCC(C[Te](Cl)(Cl)c2ccc(OC)cc2)O1. The summed E-state index contributed by atoms with van der Waals surface area (Å²) in [5.74, 6) is 1.05. The van der Waals surface area contributed by atoms with E-state index < -0.39 is 15.9 Å². The van der Waals surface area contributed by atoms with Crippen LogP contribution in [0.15, 0.2) is 36.1 Å². The zero-order chi connectivity index (χ0) is 16.9. The number of carbonyl (C=O) groups is 1. The van der Waals surface area contributed by atoms with Gasteiger partial charge in [-0.1, -0.05) is 0 Å². The van der Waals surface area contributed by atoms with E-state index in [2.05, 4.69) is 0 Å². The van der Waals surface area contributed by atoms with Gasteiger partial charge in [0.15, 0.2) is 0 Å². The number of allylic oxidation sites excluding steroid dienone is 1. The number of esters is 1. The molecule has 1 unspecified atom stereocenters. The van der Waals surface area contributed by atoms with Gasteiger partial charge in [-0.15, -0.1) is 0 Å². The molecule has 1 aliphatic heterocycles. The monoisotopic (exact) mass is 476 g/mol. The van der Waals surface area contributed by atoms with Crippen LogP contribution in [0.1, 0.15) is 19.8 Å². The van der Waals surface area contributed by atoms with Gasteiger partial charge in [-0.3, -0.25) is 0 Å². The Morgan fingerprint density at radius 3 is 2.70 bits per heavy atom. The van der Waals surface area contributed by atoms with Crippen LogP contribution in [0.4, 0.5) is 0 Å². The molecule has 1 saturated heterocycles. The molecule has 0 bridgehead atoms. The minimum absolute atomic E-state index is 0.0472. The average Bonchev–Trinajstić information content (AvgIpc) is 2.93. The van der Waals surface area contributed by atoms with Crippen molar-refractivity contribution in [2.45, 2.75) is 30.3 Å². The van der Waals surface area contributed by atoms with Crippen molar-refractivity contribution in [2.75, 3.05) is 13.7 Å². The van der Waals surface area contributed by atoms with Gasteiger partial charge in [0.25, 0.3) is 0 Å². The standard InChI is InChI=1S/C16H20Cl2O4Te/c1-3-21-16(19)10-13-4-5-14(22-13)11-23(17,18)15-8-6-12(20-2)7-9-15/h6-10,14H,3-5,11H2,1-2H3/b13-10-. The molecule has 0 aliphatic carbocycles. The summed E-state index contributed by atoms with van der Waals surface area (Å²) in [4.78, 5) is 11.4. The molecule has 0 N–H and O–H groups in total. The molecular weight excluding hydrogens is 455 g/mol. The van der Waals surface area contributed by atoms with Crippen LogP contribution in [0.5, 0.6) is 5.75 Å². The Bertz CT molecular complexity index is 572. The van der Waals surface area contributed by atoms with Crippen LogP contribution in [0.25, 0.3) is 0 Å². The third-order valence-electron chi connectivity index (χ3n) is 3.40. The number of ether oxygens (including phenoxy) is 3. The number of rotatable bonds is 6. The maximum atomic E-state index is 11.4. The van der Waals surface area contributed by atoms with Crippen molar-refractivity contribution in [3.8, 4) is 5.75 Å². The number of hydrogen-bond acceptors (Lipinski definition) is 4. The summed E-state index contributed by atoms with van der Waals surface area (Å²) >= 11 is -3.23. The molecule has 1 aromatic rings. The quantitative estimate of drug-likeness (QED) is 0.360. The van der Waals surface area contributed by atoms with Crippen molar-refractivity contribution in [3.05, 3.63) is 36.1 Å². The fourth-order valence-electron chi connectivity index (χ4n) is 2.28. The van der Waals surface area contributed by atoms with E-state index >= 15 is 0 Å². The van der Waals surface area contributed by atoms with Gasteiger partial charge in [-0.2, -0.15) is 0 Å². The Morgan fingerprint density at radius 2 is 2.09 bits per heavy atom. The summed E-state index contributed by atoms with van der Waals surface area (Å²) in [6.45, 7) is 2.12. The second kappa shape index (κ2) is 8.48. The summed E-state index contributed by atoms with van der Waals surface area (Å²) in [7, 11) is 14.9. The molecule has 0 radical (unpaired) electrons. The molecule has 1 aromatic carbocycles. The summed E-state index contributed by atoms with van der Waals surface area (Å²) in [6, 6.07) is 7.57. The summed E-state index contributed by atoms with van der Waals surface area (Å²) in [5.41, 5.74) is 0. The zero-order valence-corrected chi connectivity index (χ0v) is 16.9. The number of hydrogen-bond donors (Lipinski definition) is 0. The van der Waals surface area contributed by atoms with Crippen LogP contribution < -0.4 is 8.35 Å². The van der Waals surface area contributed by atoms with E-state index in [0.717, 1.165) is 15.8 Å². The van der Waals surface area contributed by atoms with E-state index in [1.165, 1.54) is 6.08 Å². The van der Waals surface area contributed by atoms with Crippen LogP contribution in [0.2, 0.25) is 4.47 Å². The van der Waals surface area contributed by atoms with Gasteiger partial charge < -0.3 is 0 Å². The van der Waals surface area contributed by atoms with E-state index in [-0.39, 0.29) is 12.1 Å². The summed E-state index contributed by atoms with van der Waals surface area (Å²) < 4.78 is 17.4. The first kappa shape index (κ1) is 18.7. The third kappa shape index (κ3) is 5.46. The van der Waals surface area contributed by atoms with E-state index in [4.69, 9.17) is 32.1 Å². The Labute approximate surface area is 148 Å². The first-order valence-electron chi connectivity index (χ1n) is 7.33. The van der Waals surface area contributed by atoms with E-state index in [1.54, 1.807) is 14.0 Å². The number of methoxy groups -OCH3 is 1. The Morgan fingerprint density at radius 1 is 1.39 bits per heavy atom. The fraction of sp³-hybridized carbons (Fsp3) is 0.438. The van der Waals surface area contributed by atoms with Crippen molar-refractivity contribution < 1.29 is 19.0 Å². The van der Waals surface area contributed by atoms with E-state index in [1.807, 2.05) is 24.3 Å². The number of benzene rings is 1. The van der Waals surface area contributed by atoms with Crippen molar-refractivity contribution in [2.24, 2.45) is 0 Å². The molecule has 1 aliphatic rings. The van der Waals surface area contributed by atoms with Gasteiger partial charge >= 0.3 is 148 Å². The predicted molar refractivity (Wildman–Crippen MR) is 93.7 cm³/mol. The fourth-order valence-corrected chi connectivity index (χ4v) is 9.62. The van der Waals surface area contributed by atoms with Gasteiger partial charge in [0.2, 0.25) is 0 Å². The number of carbonyl (C=O) groups excluding carboxylic acids is 1. The second-order valence-electron chi connectivity index (χ2n) is 5.06. The van der Waals surface area contributed by atoms with E-state index in [0.29, 0.717) is 23.3 Å². The minimum atomic E-state index is -3.23. The van der Waals surface area contributed by atoms with Crippen LogP contribution in [0, 0.1) is 0 Å². The predicted octanol–water partition coefficient (Wildman–Crippen LogP) is 3.45. The molecule has 128 valence electrons. The Balaban J connectivity index is 1.97. The molecule has 0 aromatic heterocycles. The third-order valence-corrected chi connectivity index (χ3v) is 12.5. The van der Waals surface area contributed by atoms with Crippen LogP contribution >= 0.6 is 17.9 Å². The Hall–Kier alpha value is -0.600. The van der Waals surface area contributed by atoms with Crippen molar-refractivity contribution in [3.63, 3.8) is 0 Å². The molecule has 2 rings (SSSR count). The maximum absolute atomic E-state index is 11.4. The van der Waals surface area contributed by atoms with Crippen LogP contribution in [-0.4, -0.2) is 41.7 Å². The molecular formula is C16H20Cl2O4Te. The van der Waals surface area contributed by atoms with Crippen molar-refractivity contribution in [1.29, 1.82) is 0 Å². The topological polar surface area (TPSA) is 44.8 Å². The summed E-state index contributed by atoms with van der Waals surface area (Å²) in [5, 5.41) is 0. The Kier molecular flexibility index (Phi) is 6.91. The molecule has 4 nitrogen and oxygen atoms in total. The molecule has 7 heteroatoms. The van der Waals surface area contributed by atoms with Gasteiger partial charge in [0.1, 0.15) is 0 Å². The molecule has 0 amide bonds. The first-order valence-corrected chi connectivity index (χ1v) is 16.0. The van der Waals surface area contributed by atoms with Gasteiger partial charge in [-0.05, 0) is 0 Å². The molecule has 0 spiro atoms.